The third-order valence-electron chi connectivity index (χ3n) is 4.52. The van der Waals surface area contributed by atoms with Crippen molar-refractivity contribution in [2.45, 2.75) is 19.3 Å². The Morgan fingerprint density at radius 3 is 2.67 bits per heavy atom. The molecule has 0 unspecified atom stereocenters. The number of H-pyrrole nitrogens is 1. The van der Waals surface area contributed by atoms with Crippen molar-refractivity contribution < 1.29 is 9.90 Å². The monoisotopic (exact) mass is 401 g/mol. The predicted octanol–water partition coefficient (Wildman–Crippen LogP) is 3.05. The molecule has 0 atom stereocenters. The molecule has 2 aromatic carbocycles. The number of aromatic hydroxyl groups is 1. The highest BCUT2D eigenvalue weighted by molar-refractivity contribution is 5.90. The molecule has 150 valence electrons. The number of hydrogen-bond donors (Lipinski definition) is 3. The zero-order chi connectivity index (χ0) is 20.9. The molecule has 3 N–H and O–H groups in total. The summed E-state index contributed by atoms with van der Waals surface area (Å²) < 4.78 is 0. The second-order valence-electron chi connectivity index (χ2n) is 6.78. The number of phenols is 1. The number of phenolic OH excluding ortho intramolecular Hbond substituents is 1. The van der Waals surface area contributed by atoms with Crippen LogP contribution in [-0.4, -0.2) is 30.9 Å². The van der Waals surface area contributed by atoms with Gasteiger partial charge in [0.05, 0.1) is 29.0 Å². The van der Waals surface area contributed by atoms with E-state index in [2.05, 4.69) is 25.3 Å². The summed E-state index contributed by atoms with van der Waals surface area (Å²) in [6.45, 7) is 0. The maximum absolute atomic E-state index is 12.2. The third kappa shape index (κ3) is 4.49. The standard InChI is InChI=1S/C22H19N5O3/c28-16-6-3-5-14(11-16)21-23-12-15(13-24-21)25-20(29)10-4-9-19-26-18-8-2-1-7-17(18)22(30)27-19/h1-3,5-8,11-13,28H,4,9-10H2,(H,25,29)(H,26,27,30). The number of para-hydroxylation sites is 1. The number of aromatic nitrogens is 4. The summed E-state index contributed by atoms with van der Waals surface area (Å²) in [5.74, 6) is 0.975. The fourth-order valence-corrected chi connectivity index (χ4v) is 3.08. The Bertz CT molecular complexity index is 1250. The summed E-state index contributed by atoms with van der Waals surface area (Å²) in [7, 11) is 0. The number of nitrogens with zero attached hydrogens (tertiary/aromatic N) is 3. The molecule has 0 aliphatic heterocycles. The van der Waals surface area contributed by atoms with Gasteiger partial charge in [0, 0.05) is 18.4 Å². The average molecular weight is 401 g/mol. The first-order chi connectivity index (χ1) is 14.6. The van der Waals surface area contributed by atoms with E-state index in [0.717, 1.165) is 0 Å². The van der Waals surface area contributed by atoms with Crippen LogP contribution in [0.3, 0.4) is 0 Å². The first kappa shape index (κ1) is 19.3. The first-order valence-corrected chi connectivity index (χ1v) is 9.48. The molecule has 0 saturated heterocycles. The fourth-order valence-electron chi connectivity index (χ4n) is 3.08. The summed E-state index contributed by atoms with van der Waals surface area (Å²) in [4.78, 5) is 39.9. The molecule has 8 heteroatoms. The van der Waals surface area contributed by atoms with Gasteiger partial charge in [0.15, 0.2) is 5.82 Å². The maximum atomic E-state index is 12.2. The molecule has 4 aromatic rings. The van der Waals surface area contributed by atoms with Crippen LogP contribution in [0.2, 0.25) is 0 Å². The molecule has 0 aliphatic rings. The molecular weight excluding hydrogens is 382 g/mol. The quantitative estimate of drug-likeness (QED) is 0.457. The van der Waals surface area contributed by atoms with Crippen molar-refractivity contribution in [3.63, 3.8) is 0 Å². The second kappa shape index (κ2) is 8.52. The molecule has 1 amide bonds. The van der Waals surface area contributed by atoms with Crippen LogP contribution in [0.15, 0.2) is 65.7 Å². The van der Waals surface area contributed by atoms with Crippen molar-refractivity contribution in [1.82, 2.24) is 19.9 Å². The third-order valence-corrected chi connectivity index (χ3v) is 4.52. The molecule has 0 spiro atoms. The van der Waals surface area contributed by atoms with E-state index in [0.29, 0.717) is 46.6 Å². The number of nitrogens with one attached hydrogen (secondary N) is 2. The molecule has 30 heavy (non-hydrogen) atoms. The Balaban J connectivity index is 1.32. The van der Waals surface area contributed by atoms with Crippen LogP contribution in [-0.2, 0) is 11.2 Å². The van der Waals surface area contributed by atoms with Gasteiger partial charge in [-0.15, -0.1) is 0 Å². The zero-order valence-electron chi connectivity index (χ0n) is 16.0. The maximum Gasteiger partial charge on any atom is 0.258 e. The summed E-state index contributed by atoms with van der Waals surface area (Å²) in [6, 6.07) is 13.8. The van der Waals surface area contributed by atoms with Crippen molar-refractivity contribution >= 4 is 22.5 Å². The molecular formula is C22H19N5O3. The van der Waals surface area contributed by atoms with Crippen molar-refractivity contribution in [2.24, 2.45) is 0 Å². The molecule has 4 rings (SSSR count). The van der Waals surface area contributed by atoms with Crippen molar-refractivity contribution in [3.05, 3.63) is 77.1 Å². The Labute approximate surface area is 171 Å². The van der Waals surface area contributed by atoms with E-state index in [1.165, 1.54) is 12.4 Å². The minimum absolute atomic E-state index is 0.135. The second-order valence-corrected chi connectivity index (χ2v) is 6.78. The number of carbonyl (C=O) groups is 1. The van der Waals surface area contributed by atoms with Gasteiger partial charge in [0.25, 0.3) is 5.56 Å². The van der Waals surface area contributed by atoms with Crippen LogP contribution in [0.4, 0.5) is 5.69 Å². The molecule has 2 heterocycles. The van der Waals surface area contributed by atoms with Gasteiger partial charge in [-0.25, -0.2) is 15.0 Å². The lowest BCUT2D eigenvalue weighted by molar-refractivity contribution is -0.116. The van der Waals surface area contributed by atoms with E-state index in [1.807, 2.05) is 6.07 Å². The number of aryl methyl sites for hydroxylation is 1. The van der Waals surface area contributed by atoms with Gasteiger partial charge >= 0.3 is 0 Å². The Kier molecular flexibility index (Phi) is 5.47. The van der Waals surface area contributed by atoms with Crippen LogP contribution < -0.4 is 10.9 Å². The van der Waals surface area contributed by atoms with E-state index in [1.54, 1.807) is 42.5 Å². The van der Waals surface area contributed by atoms with Crippen molar-refractivity contribution in [3.8, 4) is 17.1 Å². The van der Waals surface area contributed by atoms with Crippen LogP contribution in [0.5, 0.6) is 5.75 Å². The highest BCUT2D eigenvalue weighted by Crippen LogP contribution is 2.20. The van der Waals surface area contributed by atoms with E-state index >= 15 is 0 Å². The molecule has 0 radical (unpaired) electrons. The summed E-state index contributed by atoms with van der Waals surface area (Å²) in [5.41, 5.74) is 1.64. The van der Waals surface area contributed by atoms with Gasteiger partial charge in [0.1, 0.15) is 11.6 Å². The minimum atomic E-state index is -0.177. The topological polar surface area (TPSA) is 121 Å². The van der Waals surface area contributed by atoms with E-state index in [9.17, 15) is 14.7 Å². The average Bonchev–Trinajstić information content (AvgIpc) is 2.74. The van der Waals surface area contributed by atoms with Crippen molar-refractivity contribution in [2.75, 3.05) is 5.32 Å². The van der Waals surface area contributed by atoms with E-state index in [4.69, 9.17) is 0 Å². The summed E-state index contributed by atoms with van der Waals surface area (Å²) >= 11 is 0. The van der Waals surface area contributed by atoms with Crippen LogP contribution in [0.1, 0.15) is 18.7 Å². The molecule has 0 aliphatic carbocycles. The molecule has 0 bridgehead atoms. The van der Waals surface area contributed by atoms with Crippen LogP contribution >= 0.6 is 0 Å². The summed E-state index contributed by atoms with van der Waals surface area (Å²) in [6.07, 6.45) is 4.33. The highest BCUT2D eigenvalue weighted by Gasteiger charge is 2.08. The lowest BCUT2D eigenvalue weighted by atomic mass is 10.2. The first-order valence-electron chi connectivity index (χ1n) is 9.48. The Morgan fingerprint density at radius 2 is 1.87 bits per heavy atom. The van der Waals surface area contributed by atoms with Crippen molar-refractivity contribution in [1.29, 1.82) is 0 Å². The minimum Gasteiger partial charge on any atom is -0.508 e. The number of carbonyl (C=O) groups excluding carboxylic acids is 1. The molecule has 0 saturated carbocycles. The van der Waals surface area contributed by atoms with Gasteiger partial charge < -0.3 is 15.4 Å². The van der Waals surface area contributed by atoms with Gasteiger partial charge in [-0.3, -0.25) is 9.59 Å². The van der Waals surface area contributed by atoms with Gasteiger partial charge in [-0.1, -0.05) is 24.3 Å². The van der Waals surface area contributed by atoms with Crippen LogP contribution in [0.25, 0.3) is 22.3 Å². The van der Waals surface area contributed by atoms with E-state index in [-0.39, 0.29) is 23.6 Å². The van der Waals surface area contributed by atoms with Gasteiger partial charge in [0.2, 0.25) is 5.91 Å². The molecule has 2 aromatic heterocycles. The number of hydrogen-bond acceptors (Lipinski definition) is 6. The van der Waals surface area contributed by atoms with Gasteiger partial charge in [-0.05, 0) is 30.7 Å². The predicted molar refractivity (Wildman–Crippen MR) is 113 cm³/mol. The summed E-state index contributed by atoms with van der Waals surface area (Å²) in [5, 5.41) is 12.8. The number of fused-ring (bicyclic) bond motifs is 1. The molecule has 0 fully saturated rings. The van der Waals surface area contributed by atoms with Gasteiger partial charge in [-0.2, -0.15) is 0 Å². The number of rotatable bonds is 6. The zero-order valence-corrected chi connectivity index (χ0v) is 16.0. The highest BCUT2D eigenvalue weighted by atomic mass is 16.3. The fraction of sp³-hybridized carbons (Fsp3) is 0.136. The molecule has 8 nitrogen and oxygen atoms in total. The van der Waals surface area contributed by atoms with E-state index < -0.39 is 0 Å². The largest absolute Gasteiger partial charge is 0.508 e. The Morgan fingerprint density at radius 1 is 1.07 bits per heavy atom. The number of anilines is 1. The SMILES string of the molecule is O=C(CCCc1nc2ccccc2c(=O)[nH]1)Nc1cnc(-c2cccc(O)c2)nc1. The lowest BCUT2D eigenvalue weighted by Crippen LogP contribution is -2.14. The normalized spacial score (nSPS) is 10.8. The number of benzene rings is 2. The number of amides is 1. The lowest BCUT2D eigenvalue weighted by Gasteiger charge is -2.06. The smallest absolute Gasteiger partial charge is 0.258 e. The number of aromatic amines is 1. The Hall–Kier alpha value is -4.07. The van der Waals surface area contributed by atoms with Crippen LogP contribution in [0, 0.1) is 0 Å².